The molecule has 0 amide bonds. The summed E-state index contributed by atoms with van der Waals surface area (Å²) in [6, 6.07) is 11.8. The summed E-state index contributed by atoms with van der Waals surface area (Å²) in [7, 11) is 0. The quantitative estimate of drug-likeness (QED) is 0.731. The Kier molecular flexibility index (Phi) is 4.35. The molecule has 3 rings (SSSR count). The Hall–Kier alpha value is -2.36. The van der Waals surface area contributed by atoms with Gasteiger partial charge in [-0.1, -0.05) is 38.5 Å². The zero-order valence-electron chi connectivity index (χ0n) is 12.2. The fourth-order valence-corrected chi connectivity index (χ4v) is 1.98. The monoisotopic (exact) mass is 268 g/mol. The van der Waals surface area contributed by atoms with E-state index in [1.54, 1.807) is 6.20 Å². The second kappa shape index (κ2) is 6.19. The molecule has 2 heterocycles. The minimum atomic E-state index is 0.466. The van der Waals surface area contributed by atoms with Crippen LogP contribution in [0.25, 0.3) is 16.9 Å². The summed E-state index contributed by atoms with van der Waals surface area (Å²) in [5.41, 5.74) is 8.90. The van der Waals surface area contributed by atoms with Crippen LogP contribution < -0.4 is 5.73 Å². The maximum absolute atomic E-state index is 5.97. The van der Waals surface area contributed by atoms with Gasteiger partial charge in [-0.05, 0) is 30.7 Å². The highest BCUT2D eigenvalue weighted by molar-refractivity contribution is 5.80. The molecule has 0 saturated carbocycles. The van der Waals surface area contributed by atoms with E-state index in [1.165, 1.54) is 6.42 Å². The van der Waals surface area contributed by atoms with Crippen molar-refractivity contribution >= 4 is 17.0 Å². The van der Waals surface area contributed by atoms with E-state index in [2.05, 4.69) is 23.8 Å². The Bertz CT molecular complexity index is 701. The molecule has 0 unspecified atom stereocenters. The lowest BCUT2D eigenvalue weighted by Crippen LogP contribution is -2.04. The molecular weight excluding hydrogens is 248 g/mol. The molecule has 2 aromatic heterocycles. The van der Waals surface area contributed by atoms with Crippen LogP contribution in [0.15, 0.2) is 42.6 Å². The van der Waals surface area contributed by atoms with Gasteiger partial charge >= 0.3 is 0 Å². The molecule has 4 heteroatoms. The molecule has 0 saturated heterocycles. The molecule has 0 atom stereocenters. The molecular formula is C16H20N4. The number of para-hydroxylation sites is 2. The van der Waals surface area contributed by atoms with Crippen LogP contribution in [-0.4, -0.2) is 14.5 Å². The summed E-state index contributed by atoms with van der Waals surface area (Å²) in [6.45, 7) is 6.26. The second-order valence-corrected chi connectivity index (χ2v) is 4.65. The van der Waals surface area contributed by atoms with Crippen molar-refractivity contribution in [2.75, 3.05) is 5.73 Å². The third kappa shape index (κ3) is 2.64. The second-order valence-electron chi connectivity index (χ2n) is 4.65. The highest BCUT2D eigenvalue weighted by Gasteiger charge is 2.11. The van der Waals surface area contributed by atoms with E-state index < -0.39 is 0 Å². The van der Waals surface area contributed by atoms with Gasteiger partial charge in [0.2, 0.25) is 5.95 Å². The minimum Gasteiger partial charge on any atom is -0.369 e. The SMILES string of the molecule is CCC.Cc1cccnc1-n1c(N)nc2ccccc21. The molecule has 0 fully saturated rings. The number of fused-ring (bicyclic) bond motifs is 1. The van der Waals surface area contributed by atoms with E-state index in [0.29, 0.717) is 5.95 Å². The molecule has 104 valence electrons. The van der Waals surface area contributed by atoms with Crippen LogP contribution in [0.1, 0.15) is 25.8 Å². The molecule has 0 spiro atoms. The third-order valence-electron chi connectivity index (χ3n) is 2.78. The fraction of sp³-hybridized carbons (Fsp3) is 0.250. The van der Waals surface area contributed by atoms with E-state index in [4.69, 9.17) is 5.73 Å². The van der Waals surface area contributed by atoms with Crippen LogP contribution in [0.2, 0.25) is 0 Å². The molecule has 0 aliphatic heterocycles. The highest BCUT2D eigenvalue weighted by Crippen LogP contribution is 2.22. The number of nitrogen functional groups attached to an aromatic ring is 1. The molecule has 1 aromatic carbocycles. The van der Waals surface area contributed by atoms with Crippen molar-refractivity contribution in [2.45, 2.75) is 27.2 Å². The maximum Gasteiger partial charge on any atom is 0.207 e. The van der Waals surface area contributed by atoms with Crippen LogP contribution in [-0.2, 0) is 0 Å². The first kappa shape index (κ1) is 14.1. The summed E-state index contributed by atoms with van der Waals surface area (Å²) in [5, 5.41) is 0. The van der Waals surface area contributed by atoms with Gasteiger partial charge in [0.15, 0.2) is 0 Å². The van der Waals surface area contributed by atoms with E-state index in [-0.39, 0.29) is 0 Å². The zero-order valence-corrected chi connectivity index (χ0v) is 12.2. The Labute approximate surface area is 119 Å². The van der Waals surface area contributed by atoms with E-state index in [1.807, 2.05) is 47.9 Å². The predicted octanol–water partition coefficient (Wildman–Crippen LogP) is 3.73. The molecule has 0 aliphatic rings. The topological polar surface area (TPSA) is 56.7 Å². The number of hydrogen-bond donors (Lipinski definition) is 1. The summed E-state index contributed by atoms with van der Waals surface area (Å²) in [4.78, 5) is 8.71. The first-order valence-corrected chi connectivity index (χ1v) is 6.84. The number of hydrogen-bond acceptors (Lipinski definition) is 3. The summed E-state index contributed by atoms with van der Waals surface area (Å²) in [5.74, 6) is 1.30. The number of nitrogens with two attached hydrogens (primary N) is 1. The van der Waals surface area contributed by atoms with Crippen molar-refractivity contribution in [2.24, 2.45) is 0 Å². The maximum atomic E-state index is 5.97. The van der Waals surface area contributed by atoms with E-state index in [9.17, 15) is 0 Å². The van der Waals surface area contributed by atoms with Crippen LogP contribution in [0.4, 0.5) is 5.95 Å². The Morgan fingerprint density at radius 3 is 2.50 bits per heavy atom. The number of rotatable bonds is 1. The number of anilines is 1. The first-order valence-electron chi connectivity index (χ1n) is 6.84. The minimum absolute atomic E-state index is 0.466. The van der Waals surface area contributed by atoms with Crippen molar-refractivity contribution < 1.29 is 0 Å². The van der Waals surface area contributed by atoms with Gasteiger partial charge in [-0.2, -0.15) is 0 Å². The van der Waals surface area contributed by atoms with Gasteiger partial charge in [0.25, 0.3) is 0 Å². The van der Waals surface area contributed by atoms with Gasteiger partial charge in [0, 0.05) is 6.20 Å². The standard InChI is InChI=1S/C13H12N4.C3H8/c1-9-5-4-8-15-12(9)17-11-7-3-2-6-10(11)16-13(17)14;1-3-2/h2-8H,1H3,(H2,14,16);3H2,1-2H3. The smallest absolute Gasteiger partial charge is 0.207 e. The van der Waals surface area contributed by atoms with Crippen LogP contribution in [0.3, 0.4) is 0 Å². The fourth-order valence-electron chi connectivity index (χ4n) is 1.98. The normalized spacial score (nSPS) is 10.2. The van der Waals surface area contributed by atoms with Crippen LogP contribution in [0, 0.1) is 6.92 Å². The molecule has 0 bridgehead atoms. The molecule has 4 nitrogen and oxygen atoms in total. The van der Waals surface area contributed by atoms with Crippen molar-refractivity contribution in [3.05, 3.63) is 48.2 Å². The van der Waals surface area contributed by atoms with Gasteiger partial charge in [-0.15, -0.1) is 0 Å². The van der Waals surface area contributed by atoms with Crippen LogP contribution in [0.5, 0.6) is 0 Å². The largest absolute Gasteiger partial charge is 0.369 e. The number of aryl methyl sites for hydroxylation is 1. The summed E-state index contributed by atoms with van der Waals surface area (Å²) < 4.78 is 1.88. The zero-order chi connectivity index (χ0) is 14.5. The molecule has 0 aliphatic carbocycles. The predicted molar refractivity (Wildman–Crippen MR) is 84.0 cm³/mol. The summed E-state index contributed by atoms with van der Waals surface area (Å²) in [6.07, 6.45) is 3.01. The van der Waals surface area contributed by atoms with Gasteiger partial charge < -0.3 is 5.73 Å². The van der Waals surface area contributed by atoms with Crippen molar-refractivity contribution in [1.82, 2.24) is 14.5 Å². The van der Waals surface area contributed by atoms with Gasteiger partial charge in [0.05, 0.1) is 11.0 Å². The van der Waals surface area contributed by atoms with Gasteiger partial charge in [-0.3, -0.25) is 4.57 Å². The number of aromatic nitrogens is 3. The number of benzene rings is 1. The highest BCUT2D eigenvalue weighted by atomic mass is 15.2. The van der Waals surface area contributed by atoms with E-state index >= 15 is 0 Å². The summed E-state index contributed by atoms with van der Waals surface area (Å²) >= 11 is 0. The molecule has 20 heavy (non-hydrogen) atoms. The lowest BCUT2D eigenvalue weighted by molar-refractivity contribution is 1.02. The molecule has 3 aromatic rings. The third-order valence-corrected chi connectivity index (χ3v) is 2.78. The Balaban J connectivity index is 0.000000452. The Morgan fingerprint density at radius 1 is 1.10 bits per heavy atom. The number of pyridine rings is 1. The Morgan fingerprint density at radius 2 is 1.80 bits per heavy atom. The van der Waals surface area contributed by atoms with Crippen molar-refractivity contribution in [3.8, 4) is 5.82 Å². The molecule has 2 N–H and O–H groups in total. The van der Waals surface area contributed by atoms with Crippen LogP contribution >= 0.6 is 0 Å². The van der Waals surface area contributed by atoms with Crippen molar-refractivity contribution in [1.29, 1.82) is 0 Å². The van der Waals surface area contributed by atoms with E-state index in [0.717, 1.165) is 22.4 Å². The average molecular weight is 268 g/mol. The lowest BCUT2D eigenvalue weighted by Gasteiger charge is -2.07. The average Bonchev–Trinajstić information content (AvgIpc) is 2.76. The molecule has 0 radical (unpaired) electrons. The number of nitrogens with zero attached hydrogens (tertiary/aromatic N) is 3. The van der Waals surface area contributed by atoms with Gasteiger partial charge in [-0.25, -0.2) is 9.97 Å². The van der Waals surface area contributed by atoms with Gasteiger partial charge in [0.1, 0.15) is 5.82 Å². The lowest BCUT2D eigenvalue weighted by atomic mass is 10.2. The van der Waals surface area contributed by atoms with Crippen molar-refractivity contribution in [3.63, 3.8) is 0 Å². The first-order chi connectivity index (χ1) is 9.69. The number of imidazole rings is 1.